The minimum absolute atomic E-state index is 0.185. The third-order valence-electron chi connectivity index (χ3n) is 4.35. The molecule has 0 aromatic heterocycles. The Morgan fingerprint density at radius 3 is 2.89 bits per heavy atom. The van der Waals surface area contributed by atoms with Gasteiger partial charge in [0.2, 0.25) is 5.91 Å². The van der Waals surface area contributed by atoms with Gasteiger partial charge in [0.25, 0.3) is 0 Å². The minimum Gasteiger partial charge on any atom is -0.390 e. The molecular weight excluding hydrogens is 228 g/mol. The normalized spacial score (nSPS) is 38.3. The van der Waals surface area contributed by atoms with Gasteiger partial charge in [-0.2, -0.15) is 0 Å². The first-order valence-corrected chi connectivity index (χ1v) is 7.22. The highest BCUT2D eigenvalue weighted by Gasteiger charge is 2.32. The lowest BCUT2D eigenvalue weighted by atomic mass is 9.92. The van der Waals surface area contributed by atoms with Crippen LogP contribution in [-0.2, 0) is 4.79 Å². The van der Waals surface area contributed by atoms with Crippen molar-refractivity contribution in [1.82, 2.24) is 10.2 Å². The summed E-state index contributed by atoms with van der Waals surface area (Å²) >= 11 is 0. The highest BCUT2D eigenvalue weighted by Crippen LogP contribution is 2.24. The van der Waals surface area contributed by atoms with E-state index in [1.165, 1.54) is 0 Å². The van der Waals surface area contributed by atoms with E-state index in [2.05, 4.69) is 12.2 Å². The molecule has 4 heteroatoms. The molecular formula is C14H26N2O2. The Balaban J connectivity index is 1.92. The van der Waals surface area contributed by atoms with Crippen LogP contribution >= 0.6 is 0 Å². The van der Waals surface area contributed by atoms with Crippen LogP contribution in [0.15, 0.2) is 0 Å². The number of piperidine rings is 1. The van der Waals surface area contributed by atoms with E-state index >= 15 is 0 Å². The van der Waals surface area contributed by atoms with E-state index in [1.54, 1.807) is 0 Å². The van der Waals surface area contributed by atoms with Crippen LogP contribution in [0.4, 0.5) is 0 Å². The van der Waals surface area contributed by atoms with Crippen LogP contribution in [0.5, 0.6) is 0 Å². The van der Waals surface area contributed by atoms with Gasteiger partial charge < -0.3 is 15.3 Å². The summed E-state index contributed by atoms with van der Waals surface area (Å²) in [5.74, 6) is 0.491. The Morgan fingerprint density at radius 1 is 1.39 bits per heavy atom. The Bertz CT molecular complexity index is 304. The predicted molar refractivity (Wildman–Crippen MR) is 71.2 cm³/mol. The number of aliphatic hydroxyl groups is 1. The van der Waals surface area contributed by atoms with E-state index in [9.17, 15) is 9.90 Å². The maximum Gasteiger partial charge on any atom is 0.225 e. The Morgan fingerprint density at radius 2 is 2.17 bits per heavy atom. The number of hydrogen-bond acceptors (Lipinski definition) is 3. The molecule has 2 N–H and O–H groups in total. The zero-order valence-electron chi connectivity index (χ0n) is 11.6. The number of carbonyl (C=O) groups excluding carboxylic acids is 1. The van der Waals surface area contributed by atoms with Gasteiger partial charge in [0.05, 0.1) is 5.60 Å². The van der Waals surface area contributed by atoms with Gasteiger partial charge in [0, 0.05) is 25.0 Å². The van der Waals surface area contributed by atoms with Gasteiger partial charge in [0.15, 0.2) is 0 Å². The summed E-state index contributed by atoms with van der Waals surface area (Å²) in [6.07, 6.45) is 4.33. The molecule has 0 bridgehead atoms. The standard InChI is InChI=1S/C14H26N2O2/c1-11-10-12(4-7-15-11)13(17)16-8-3-5-14(2,18)6-9-16/h11-12,15,18H,3-10H2,1-2H3. The number of amides is 1. The molecule has 3 unspecified atom stereocenters. The third kappa shape index (κ3) is 3.45. The number of hydrogen-bond donors (Lipinski definition) is 2. The number of rotatable bonds is 1. The molecule has 2 saturated heterocycles. The molecule has 2 heterocycles. The van der Waals surface area contributed by atoms with Crippen LogP contribution in [-0.4, -0.2) is 47.2 Å². The summed E-state index contributed by atoms with van der Waals surface area (Å²) in [6.45, 7) is 6.50. The SMILES string of the molecule is CC1CC(C(=O)N2CCCC(C)(O)CC2)CCN1. The molecule has 104 valence electrons. The Kier molecular flexibility index (Phi) is 4.28. The quantitative estimate of drug-likeness (QED) is 0.738. The maximum atomic E-state index is 12.5. The zero-order chi connectivity index (χ0) is 13.2. The highest BCUT2D eigenvalue weighted by atomic mass is 16.3. The van der Waals surface area contributed by atoms with Gasteiger partial charge in [0.1, 0.15) is 0 Å². The second-order valence-corrected chi connectivity index (χ2v) is 6.25. The topological polar surface area (TPSA) is 52.6 Å². The van der Waals surface area contributed by atoms with E-state index < -0.39 is 5.60 Å². The second kappa shape index (κ2) is 5.57. The fourth-order valence-corrected chi connectivity index (χ4v) is 3.10. The van der Waals surface area contributed by atoms with Crippen molar-refractivity contribution >= 4 is 5.91 Å². The molecule has 0 saturated carbocycles. The molecule has 18 heavy (non-hydrogen) atoms. The first-order valence-electron chi connectivity index (χ1n) is 7.22. The summed E-state index contributed by atoms with van der Waals surface area (Å²) in [5.41, 5.74) is -0.587. The smallest absolute Gasteiger partial charge is 0.225 e. The molecule has 3 atom stereocenters. The van der Waals surface area contributed by atoms with Gasteiger partial charge in [-0.25, -0.2) is 0 Å². The Labute approximate surface area is 110 Å². The first kappa shape index (κ1) is 13.8. The average Bonchev–Trinajstić information content (AvgIpc) is 2.49. The molecule has 0 aliphatic carbocycles. The summed E-state index contributed by atoms with van der Waals surface area (Å²) in [6, 6.07) is 0.447. The van der Waals surface area contributed by atoms with E-state index in [1.807, 2.05) is 11.8 Å². The molecule has 2 rings (SSSR count). The molecule has 0 aromatic carbocycles. The number of nitrogens with one attached hydrogen (secondary N) is 1. The lowest BCUT2D eigenvalue weighted by Crippen LogP contribution is -2.44. The lowest BCUT2D eigenvalue weighted by molar-refractivity contribution is -0.136. The summed E-state index contributed by atoms with van der Waals surface area (Å²) in [5, 5.41) is 13.4. The van der Waals surface area contributed by atoms with Crippen molar-refractivity contribution in [3.63, 3.8) is 0 Å². The predicted octanol–water partition coefficient (Wildman–Crippen LogP) is 1.14. The fourth-order valence-electron chi connectivity index (χ4n) is 3.10. The zero-order valence-corrected chi connectivity index (χ0v) is 11.6. The van der Waals surface area contributed by atoms with Crippen LogP contribution in [0.3, 0.4) is 0 Å². The van der Waals surface area contributed by atoms with Gasteiger partial charge in [-0.1, -0.05) is 0 Å². The summed E-state index contributed by atoms with van der Waals surface area (Å²) < 4.78 is 0. The number of likely N-dealkylation sites (tertiary alicyclic amines) is 1. The van der Waals surface area contributed by atoms with Crippen molar-refractivity contribution in [1.29, 1.82) is 0 Å². The first-order chi connectivity index (χ1) is 8.48. The third-order valence-corrected chi connectivity index (χ3v) is 4.35. The van der Waals surface area contributed by atoms with Crippen LogP contribution in [0, 0.1) is 5.92 Å². The maximum absolute atomic E-state index is 12.5. The van der Waals surface area contributed by atoms with Crippen LogP contribution < -0.4 is 5.32 Å². The van der Waals surface area contributed by atoms with Crippen LogP contribution in [0.25, 0.3) is 0 Å². The van der Waals surface area contributed by atoms with Gasteiger partial charge in [-0.15, -0.1) is 0 Å². The monoisotopic (exact) mass is 254 g/mol. The van der Waals surface area contributed by atoms with E-state index in [0.29, 0.717) is 24.9 Å². The van der Waals surface area contributed by atoms with Crippen LogP contribution in [0.2, 0.25) is 0 Å². The van der Waals surface area contributed by atoms with Gasteiger partial charge in [-0.3, -0.25) is 4.79 Å². The summed E-state index contributed by atoms with van der Waals surface area (Å²) in [4.78, 5) is 14.5. The Hall–Kier alpha value is -0.610. The molecule has 4 nitrogen and oxygen atoms in total. The molecule has 0 aromatic rings. The number of carbonyl (C=O) groups is 1. The van der Waals surface area contributed by atoms with E-state index in [-0.39, 0.29) is 5.92 Å². The average molecular weight is 254 g/mol. The van der Waals surface area contributed by atoms with E-state index in [0.717, 1.165) is 38.8 Å². The van der Waals surface area contributed by atoms with Crippen molar-refractivity contribution in [2.45, 2.75) is 57.6 Å². The van der Waals surface area contributed by atoms with Crippen molar-refractivity contribution in [3.05, 3.63) is 0 Å². The fraction of sp³-hybridized carbons (Fsp3) is 0.929. The highest BCUT2D eigenvalue weighted by molar-refractivity contribution is 5.79. The van der Waals surface area contributed by atoms with Gasteiger partial charge in [-0.05, 0) is 52.5 Å². The molecule has 2 fully saturated rings. The number of nitrogens with zero attached hydrogens (tertiary/aromatic N) is 1. The van der Waals surface area contributed by atoms with Crippen molar-refractivity contribution in [3.8, 4) is 0 Å². The van der Waals surface area contributed by atoms with Crippen molar-refractivity contribution < 1.29 is 9.90 Å². The van der Waals surface area contributed by atoms with E-state index in [4.69, 9.17) is 0 Å². The molecule has 2 aliphatic heterocycles. The molecule has 1 amide bonds. The molecule has 0 radical (unpaired) electrons. The van der Waals surface area contributed by atoms with Gasteiger partial charge >= 0.3 is 0 Å². The van der Waals surface area contributed by atoms with Crippen LogP contribution in [0.1, 0.15) is 46.0 Å². The minimum atomic E-state index is -0.587. The lowest BCUT2D eigenvalue weighted by Gasteiger charge is -2.31. The molecule has 0 spiro atoms. The second-order valence-electron chi connectivity index (χ2n) is 6.25. The van der Waals surface area contributed by atoms with Crippen molar-refractivity contribution in [2.24, 2.45) is 5.92 Å². The summed E-state index contributed by atoms with van der Waals surface area (Å²) in [7, 11) is 0. The van der Waals surface area contributed by atoms with Crippen molar-refractivity contribution in [2.75, 3.05) is 19.6 Å². The largest absolute Gasteiger partial charge is 0.390 e. The molecule has 2 aliphatic rings.